The van der Waals surface area contributed by atoms with Crippen LogP contribution in [-0.4, -0.2) is 21.4 Å². The maximum Gasteiger partial charge on any atom is 0.216 e. The highest BCUT2D eigenvalue weighted by Crippen LogP contribution is 2.25. The minimum atomic E-state index is -2.15. The van der Waals surface area contributed by atoms with E-state index >= 15 is 0 Å². The fourth-order valence-electron chi connectivity index (χ4n) is 2.37. The van der Waals surface area contributed by atoms with Crippen molar-refractivity contribution in [3.63, 3.8) is 0 Å². The number of rotatable bonds is 10. The maximum atomic E-state index is 10.0. The molecular weight excluding hydrogens is 252 g/mol. The predicted octanol–water partition coefficient (Wildman–Crippen LogP) is 3.33. The molecule has 114 valence electrons. The molecule has 0 bridgehead atoms. The summed E-state index contributed by atoms with van der Waals surface area (Å²) in [5.74, 6) is -2.15. The van der Waals surface area contributed by atoms with Crippen LogP contribution in [0.25, 0.3) is 0 Å². The highest BCUT2D eigenvalue weighted by atomic mass is 16.5. The summed E-state index contributed by atoms with van der Waals surface area (Å²) >= 11 is 0. The van der Waals surface area contributed by atoms with Crippen molar-refractivity contribution in [3.8, 4) is 0 Å². The lowest BCUT2D eigenvalue weighted by Gasteiger charge is -2.27. The minimum Gasteiger partial charge on any atom is -0.387 e. The lowest BCUT2D eigenvalue weighted by Crippen LogP contribution is -2.39. The van der Waals surface area contributed by atoms with Gasteiger partial charge in [-0.1, -0.05) is 82.2 Å². The third-order valence-corrected chi connectivity index (χ3v) is 3.74. The Bertz CT molecular complexity index is 349. The minimum absolute atomic E-state index is 0.343. The summed E-state index contributed by atoms with van der Waals surface area (Å²) in [6.45, 7) is 2.20. The largest absolute Gasteiger partial charge is 0.387 e. The molecule has 0 saturated heterocycles. The standard InChI is InChI=1S/C17H28O3/c1-2-3-4-5-6-7-11-14-16(18)17(19,20)15-12-9-8-10-13-15/h8-10,12-13,16,18-20H,2-7,11,14H2,1H3. The number of hydrogen-bond acceptors (Lipinski definition) is 3. The maximum absolute atomic E-state index is 10.0. The molecule has 0 radical (unpaired) electrons. The van der Waals surface area contributed by atoms with Gasteiger partial charge in [-0.05, 0) is 6.42 Å². The normalized spacial score (nSPS) is 13.4. The molecule has 1 rings (SSSR count). The van der Waals surface area contributed by atoms with Gasteiger partial charge in [0.25, 0.3) is 0 Å². The van der Waals surface area contributed by atoms with Crippen molar-refractivity contribution in [2.45, 2.75) is 70.2 Å². The van der Waals surface area contributed by atoms with E-state index < -0.39 is 11.9 Å². The van der Waals surface area contributed by atoms with Crippen molar-refractivity contribution in [3.05, 3.63) is 35.9 Å². The molecule has 1 aromatic carbocycles. The average Bonchev–Trinajstić information content (AvgIpc) is 2.47. The molecule has 3 N–H and O–H groups in total. The Morgan fingerprint density at radius 1 is 0.900 bits per heavy atom. The van der Waals surface area contributed by atoms with Gasteiger partial charge in [-0.25, -0.2) is 0 Å². The van der Waals surface area contributed by atoms with Crippen molar-refractivity contribution in [1.29, 1.82) is 0 Å². The summed E-state index contributed by atoms with van der Waals surface area (Å²) in [5.41, 5.74) is 0.343. The lowest BCUT2D eigenvalue weighted by atomic mass is 9.96. The van der Waals surface area contributed by atoms with E-state index in [4.69, 9.17) is 0 Å². The molecule has 3 nitrogen and oxygen atoms in total. The van der Waals surface area contributed by atoms with Gasteiger partial charge < -0.3 is 15.3 Å². The Hall–Kier alpha value is -0.900. The molecule has 20 heavy (non-hydrogen) atoms. The van der Waals surface area contributed by atoms with Crippen LogP contribution >= 0.6 is 0 Å². The van der Waals surface area contributed by atoms with Crippen LogP contribution in [0.5, 0.6) is 0 Å². The third kappa shape index (κ3) is 5.61. The molecule has 1 unspecified atom stereocenters. The van der Waals surface area contributed by atoms with Crippen molar-refractivity contribution < 1.29 is 15.3 Å². The second-order valence-electron chi connectivity index (χ2n) is 5.52. The van der Waals surface area contributed by atoms with Crippen molar-refractivity contribution in [2.24, 2.45) is 0 Å². The van der Waals surface area contributed by atoms with E-state index in [0.29, 0.717) is 12.0 Å². The van der Waals surface area contributed by atoms with Gasteiger partial charge in [0.2, 0.25) is 5.79 Å². The summed E-state index contributed by atoms with van der Waals surface area (Å²) in [5, 5.41) is 30.0. The number of hydrogen-bond donors (Lipinski definition) is 3. The van der Waals surface area contributed by atoms with Crippen molar-refractivity contribution in [2.75, 3.05) is 0 Å². The smallest absolute Gasteiger partial charge is 0.216 e. The van der Waals surface area contributed by atoms with E-state index in [2.05, 4.69) is 6.92 Å². The van der Waals surface area contributed by atoms with Crippen molar-refractivity contribution >= 4 is 0 Å². The predicted molar refractivity (Wildman–Crippen MR) is 81.2 cm³/mol. The van der Waals surface area contributed by atoms with Gasteiger partial charge in [0, 0.05) is 5.56 Å². The zero-order valence-corrected chi connectivity index (χ0v) is 12.5. The zero-order valence-electron chi connectivity index (χ0n) is 12.5. The Morgan fingerprint density at radius 2 is 1.45 bits per heavy atom. The SMILES string of the molecule is CCCCCCCCCC(O)C(O)(O)c1ccccc1. The monoisotopic (exact) mass is 280 g/mol. The molecular formula is C17H28O3. The molecule has 0 saturated carbocycles. The molecule has 0 aliphatic carbocycles. The molecule has 0 amide bonds. The third-order valence-electron chi connectivity index (χ3n) is 3.74. The Kier molecular flexibility index (Phi) is 7.82. The van der Waals surface area contributed by atoms with E-state index in [1.807, 2.05) is 6.07 Å². The molecule has 0 aliphatic rings. The quantitative estimate of drug-likeness (QED) is 0.455. The number of unbranched alkanes of at least 4 members (excludes halogenated alkanes) is 6. The lowest BCUT2D eigenvalue weighted by molar-refractivity contribution is -0.236. The molecule has 0 aliphatic heterocycles. The summed E-state index contributed by atoms with van der Waals surface area (Å²) in [7, 11) is 0. The van der Waals surface area contributed by atoms with Crippen molar-refractivity contribution in [1.82, 2.24) is 0 Å². The summed E-state index contributed by atoms with van der Waals surface area (Å²) in [4.78, 5) is 0. The first-order chi connectivity index (χ1) is 9.59. The highest BCUT2D eigenvalue weighted by Gasteiger charge is 2.34. The van der Waals surface area contributed by atoms with Crippen LogP contribution in [0.4, 0.5) is 0 Å². The van der Waals surface area contributed by atoms with Gasteiger partial charge in [0.05, 0.1) is 0 Å². The van der Waals surface area contributed by atoms with E-state index in [1.165, 1.54) is 25.7 Å². The number of aliphatic hydroxyl groups excluding tert-OH is 1. The molecule has 0 heterocycles. The molecule has 0 aromatic heterocycles. The summed E-state index contributed by atoms with van der Waals surface area (Å²) in [6, 6.07) is 8.51. The molecule has 1 atom stereocenters. The molecule has 1 aromatic rings. The average molecular weight is 280 g/mol. The van der Waals surface area contributed by atoms with E-state index in [-0.39, 0.29) is 0 Å². The second kappa shape index (κ2) is 9.11. The number of aliphatic hydroxyl groups is 3. The van der Waals surface area contributed by atoms with E-state index in [0.717, 1.165) is 19.3 Å². The first kappa shape index (κ1) is 17.2. The number of benzene rings is 1. The zero-order chi connectivity index (χ0) is 14.8. The van der Waals surface area contributed by atoms with Crippen LogP contribution in [0.2, 0.25) is 0 Å². The van der Waals surface area contributed by atoms with Crippen LogP contribution in [0.1, 0.15) is 63.9 Å². The first-order valence-corrected chi connectivity index (χ1v) is 7.77. The fourth-order valence-corrected chi connectivity index (χ4v) is 2.37. The Balaban J connectivity index is 2.26. The molecule has 0 fully saturated rings. The Morgan fingerprint density at radius 3 is 2.05 bits per heavy atom. The highest BCUT2D eigenvalue weighted by molar-refractivity contribution is 5.20. The van der Waals surface area contributed by atoms with Gasteiger partial charge in [-0.15, -0.1) is 0 Å². The molecule has 0 spiro atoms. The van der Waals surface area contributed by atoms with E-state index in [1.54, 1.807) is 24.3 Å². The first-order valence-electron chi connectivity index (χ1n) is 7.77. The second-order valence-corrected chi connectivity index (χ2v) is 5.52. The van der Waals surface area contributed by atoms with Gasteiger partial charge in [-0.3, -0.25) is 0 Å². The molecule has 3 heteroatoms. The van der Waals surface area contributed by atoms with Crippen LogP contribution < -0.4 is 0 Å². The van der Waals surface area contributed by atoms with Gasteiger partial charge in [0.1, 0.15) is 6.10 Å². The van der Waals surface area contributed by atoms with E-state index in [9.17, 15) is 15.3 Å². The Labute approximate surface area is 122 Å². The van der Waals surface area contributed by atoms with Gasteiger partial charge in [0.15, 0.2) is 0 Å². The summed E-state index contributed by atoms with van der Waals surface area (Å²) in [6.07, 6.45) is 7.31. The van der Waals surface area contributed by atoms with Crippen LogP contribution in [0.15, 0.2) is 30.3 Å². The topological polar surface area (TPSA) is 60.7 Å². The summed E-state index contributed by atoms with van der Waals surface area (Å²) < 4.78 is 0. The van der Waals surface area contributed by atoms with Crippen LogP contribution in [0.3, 0.4) is 0 Å². The van der Waals surface area contributed by atoms with Crippen LogP contribution in [0, 0.1) is 0 Å². The van der Waals surface area contributed by atoms with Gasteiger partial charge in [-0.2, -0.15) is 0 Å². The van der Waals surface area contributed by atoms with Gasteiger partial charge >= 0.3 is 0 Å². The van der Waals surface area contributed by atoms with Crippen LogP contribution in [-0.2, 0) is 5.79 Å². The fraction of sp³-hybridized carbons (Fsp3) is 0.647.